The van der Waals surface area contributed by atoms with E-state index in [4.69, 9.17) is 17.3 Å². The van der Waals surface area contributed by atoms with Crippen LogP contribution in [-0.2, 0) is 0 Å². The summed E-state index contributed by atoms with van der Waals surface area (Å²) < 4.78 is 1.53. The second kappa shape index (κ2) is 5.94. The van der Waals surface area contributed by atoms with Crippen LogP contribution in [0.3, 0.4) is 0 Å². The van der Waals surface area contributed by atoms with E-state index >= 15 is 0 Å². The molecule has 0 aromatic heterocycles. The van der Waals surface area contributed by atoms with Gasteiger partial charge in [0.1, 0.15) is 0 Å². The Balaban J connectivity index is 2.28. The van der Waals surface area contributed by atoms with Crippen molar-refractivity contribution in [3.63, 3.8) is 0 Å². The molecule has 3 nitrogen and oxygen atoms in total. The first-order chi connectivity index (χ1) is 8.97. The van der Waals surface area contributed by atoms with Crippen molar-refractivity contribution in [3.05, 3.63) is 55.9 Å². The summed E-state index contributed by atoms with van der Waals surface area (Å²) in [6, 6.07) is 10.3. The van der Waals surface area contributed by atoms with Gasteiger partial charge in [-0.3, -0.25) is 4.79 Å². The molecule has 0 fully saturated rings. The lowest BCUT2D eigenvalue weighted by molar-refractivity contribution is 0.102. The van der Waals surface area contributed by atoms with Crippen LogP contribution in [0, 0.1) is 0 Å². The maximum Gasteiger partial charge on any atom is 0.256 e. The van der Waals surface area contributed by atoms with Crippen LogP contribution in [-0.4, -0.2) is 5.91 Å². The van der Waals surface area contributed by atoms with Gasteiger partial charge in [0.25, 0.3) is 5.91 Å². The molecule has 2 rings (SSSR count). The third kappa shape index (κ3) is 3.49. The van der Waals surface area contributed by atoms with Crippen LogP contribution < -0.4 is 11.1 Å². The number of anilines is 2. The molecule has 6 heteroatoms. The molecule has 0 atom stereocenters. The SMILES string of the molecule is Nc1cc(Br)ccc1NC(=O)c1cc(Cl)ccc1Br. The van der Waals surface area contributed by atoms with Gasteiger partial charge in [-0.2, -0.15) is 0 Å². The number of nitrogens with two attached hydrogens (primary N) is 1. The molecule has 2 aromatic rings. The fourth-order valence-electron chi connectivity index (χ4n) is 1.51. The normalized spacial score (nSPS) is 10.3. The molecule has 0 aliphatic carbocycles. The van der Waals surface area contributed by atoms with E-state index in [1.165, 1.54) is 0 Å². The second-order valence-electron chi connectivity index (χ2n) is 3.81. The molecule has 2 aromatic carbocycles. The zero-order valence-corrected chi connectivity index (χ0v) is 13.5. The highest BCUT2D eigenvalue weighted by molar-refractivity contribution is 9.10. The summed E-state index contributed by atoms with van der Waals surface area (Å²) in [5.41, 5.74) is 7.33. The van der Waals surface area contributed by atoms with Gasteiger partial charge in [0.05, 0.1) is 16.9 Å². The van der Waals surface area contributed by atoms with Gasteiger partial charge in [-0.25, -0.2) is 0 Å². The van der Waals surface area contributed by atoms with Crippen LogP contribution in [0.5, 0.6) is 0 Å². The predicted octanol–water partition coefficient (Wildman–Crippen LogP) is 4.70. The van der Waals surface area contributed by atoms with E-state index in [9.17, 15) is 4.79 Å². The molecular weight excluding hydrogens is 395 g/mol. The summed E-state index contributed by atoms with van der Waals surface area (Å²) >= 11 is 12.5. The van der Waals surface area contributed by atoms with Crippen molar-refractivity contribution in [3.8, 4) is 0 Å². The zero-order chi connectivity index (χ0) is 14.0. The molecule has 0 aliphatic rings. The number of rotatable bonds is 2. The summed E-state index contributed by atoms with van der Waals surface area (Å²) in [7, 11) is 0. The van der Waals surface area contributed by atoms with Gasteiger partial charge < -0.3 is 11.1 Å². The largest absolute Gasteiger partial charge is 0.397 e. The van der Waals surface area contributed by atoms with E-state index in [0.29, 0.717) is 26.4 Å². The van der Waals surface area contributed by atoms with Crippen molar-refractivity contribution < 1.29 is 4.79 Å². The fourth-order valence-corrected chi connectivity index (χ4v) is 2.49. The van der Waals surface area contributed by atoms with Crippen LogP contribution in [0.2, 0.25) is 5.02 Å². The van der Waals surface area contributed by atoms with E-state index in [2.05, 4.69) is 37.2 Å². The van der Waals surface area contributed by atoms with Gasteiger partial charge >= 0.3 is 0 Å². The number of benzene rings is 2. The van der Waals surface area contributed by atoms with E-state index in [-0.39, 0.29) is 5.91 Å². The summed E-state index contributed by atoms with van der Waals surface area (Å²) in [6.07, 6.45) is 0. The quantitative estimate of drug-likeness (QED) is 0.713. The minimum absolute atomic E-state index is 0.275. The first kappa shape index (κ1) is 14.4. The standard InChI is InChI=1S/C13H9Br2ClN2O/c14-7-1-4-12(11(17)5-7)18-13(19)9-6-8(16)2-3-10(9)15/h1-6H,17H2,(H,18,19). The maximum atomic E-state index is 12.2. The van der Waals surface area contributed by atoms with Gasteiger partial charge in [-0.15, -0.1) is 0 Å². The number of amides is 1. The van der Waals surface area contributed by atoms with E-state index < -0.39 is 0 Å². The van der Waals surface area contributed by atoms with Gasteiger partial charge in [0.2, 0.25) is 0 Å². The molecule has 0 spiro atoms. The summed E-state index contributed by atoms with van der Waals surface area (Å²) in [5.74, 6) is -0.275. The Labute approximate surface area is 132 Å². The smallest absolute Gasteiger partial charge is 0.256 e. The first-order valence-electron chi connectivity index (χ1n) is 5.29. The molecule has 98 valence electrons. The van der Waals surface area contributed by atoms with Crippen molar-refractivity contribution in [2.45, 2.75) is 0 Å². The van der Waals surface area contributed by atoms with Crippen LogP contribution in [0.15, 0.2) is 45.3 Å². The Morgan fingerprint density at radius 2 is 1.89 bits per heavy atom. The van der Waals surface area contributed by atoms with Crippen LogP contribution in [0.4, 0.5) is 11.4 Å². The Morgan fingerprint density at radius 3 is 2.58 bits per heavy atom. The van der Waals surface area contributed by atoms with Crippen LogP contribution in [0.25, 0.3) is 0 Å². The maximum absolute atomic E-state index is 12.2. The average molecular weight is 404 g/mol. The molecule has 3 N–H and O–H groups in total. The topological polar surface area (TPSA) is 55.1 Å². The first-order valence-corrected chi connectivity index (χ1v) is 7.25. The lowest BCUT2D eigenvalue weighted by atomic mass is 10.2. The number of hydrogen-bond donors (Lipinski definition) is 2. The van der Waals surface area contributed by atoms with E-state index in [0.717, 1.165) is 4.47 Å². The van der Waals surface area contributed by atoms with Gasteiger partial charge in [0.15, 0.2) is 0 Å². The summed E-state index contributed by atoms with van der Waals surface area (Å²) in [6.45, 7) is 0. The predicted molar refractivity (Wildman–Crippen MR) is 85.7 cm³/mol. The van der Waals surface area contributed by atoms with Crippen molar-refractivity contribution in [2.24, 2.45) is 0 Å². The monoisotopic (exact) mass is 402 g/mol. The van der Waals surface area contributed by atoms with Crippen molar-refractivity contribution in [2.75, 3.05) is 11.1 Å². The Kier molecular flexibility index (Phi) is 4.50. The van der Waals surface area contributed by atoms with Gasteiger partial charge in [0, 0.05) is 14.0 Å². The second-order valence-corrected chi connectivity index (χ2v) is 6.02. The van der Waals surface area contributed by atoms with Gasteiger partial charge in [-0.05, 0) is 52.3 Å². The number of nitrogen functional groups attached to an aromatic ring is 1. The molecule has 0 aliphatic heterocycles. The molecule has 0 unspecified atom stereocenters. The Hall–Kier alpha value is -1.04. The molecule has 0 bridgehead atoms. The van der Waals surface area contributed by atoms with Gasteiger partial charge in [-0.1, -0.05) is 27.5 Å². The third-order valence-electron chi connectivity index (χ3n) is 2.43. The van der Waals surface area contributed by atoms with Crippen LogP contribution in [0.1, 0.15) is 10.4 Å². The molecule has 19 heavy (non-hydrogen) atoms. The van der Waals surface area contributed by atoms with Crippen molar-refractivity contribution in [1.82, 2.24) is 0 Å². The molecular formula is C13H9Br2ClN2O. The molecule has 0 heterocycles. The summed E-state index contributed by atoms with van der Waals surface area (Å²) in [4.78, 5) is 12.2. The fraction of sp³-hybridized carbons (Fsp3) is 0. The average Bonchev–Trinajstić information content (AvgIpc) is 2.35. The van der Waals surface area contributed by atoms with Crippen molar-refractivity contribution >= 4 is 60.7 Å². The molecule has 0 saturated heterocycles. The number of carbonyl (C=O) groups excluding carboxylic acids is 1. The highest BCUT2D eigenvalue weighted by Gasteiger charge is 2.12. The Morgan fingerprint density at radius 1 is 1.16 bits per heavy atom. The minimum Gasteiger partial charge on any atom is -0.397 e. The minimum atomic E-state index is -0.275. The van der Waals surface area contributed by atoms with Crippen LogP contribution >= 0.6 is 43.5 Å². The Bertz CT molecular complexity index is 647. The highest BCUT2D eigenvalue weighted by Crippen LogP contribution is 2.26. The van der Waals surface area contributed by atoms with E-state index in [1.54, 1.807) is 36.4 Å². The molecule has 0 saturated carbocycles. The zero-order valence-electron chi connectivity index (χ0n) is 9.58. The lowest BCUT2D eigenvalue weighted by Crippen LogP contribution is -2.13. The number of nitrogens with one attached hydrogen (secondary N) is 1. The summed E-state index contributed by atoms with van der Waals surface area (Å²) in [5, 5.41) is 3.25. The van der Waals surface area contributed by atoms with Crippen molar-refractivity contribution in [1.29, 1.82) is 0 Å². The number of halogens is 3. The number of carbonyl (C=O) groups is 1. The highest BCUT2D eigenvalue weighted by atomic mass is 79.9. The molecule has 0 radical (unpaired) electrons. The lowest BCUT2D eigenvalue weighted by Gasteiger charge is -2.10. The third-order valence-corrected chi connectivity index (χ3v) is 3.85. The van der Waals surface area contributed by atoms with E-state index in [1.807, 2.05) is 0 Å². The molecule has 1 amide bonds. The number of hydrogen-bond acceptors (Lipinski definition) is 2.